The van der Waals surface area contributed by atoms with Crippen molar-refractivity contribution in [2.75, 3.05) is 0 Å². The van der Waals surface area contributed by atoms with Gasteiger partial charge in [-0.15, -0.1) is 11.3 Å². The number of hydrogen-bond donors (Lipinski definition) is 3. The maximum Gasteiger partial charge on any atom is 0.279 e. The van der Waals surface area contributed by atoms with Crippen LogP contribution in [0.25, 0.3) is 0 Å². The Morgan fingerprint density at radius 3 is 2.31 bits per heavy atom. The average molecular weight is 438 g/mol. The highest BCUT2D eigenvalue weighted by atomic mass is 79.9. The largest absolute Gasteiger partial charge is 0.344 e. The van der Waals surface area contributed by atoms with Crippen LogP contribution in [0, 0.1) is 5.92 Å². The van der Waals surface area contributed by atoms with E-state index in [4.69, 9.17) is 0 Å². The predicted octanol–water partition coefficient (Wildman–Crippen LogP) is 2.66. The molecule has 0 saturated heterocycles. The topological polar surface area (TPSA) is 87.3 Å². The first-order valence-electron chi connectivity index (χ1n) is 8.05. The predicted molar refractivity (Wildman–Crippen MR) is 105 cm³/mol. The molecule has 1 heterocycles. The molecule has 0 aliphatic heterocycles. The normalized spacial score (nSPS) is 11.7. The van der Waals surface area contributed by atoms with Crippen LogP contribution in [0.5, 0.6) is 0 Å². The molecule has 0 bridgehead atoms. The molecule has 2 rings (SSSR count). The first-order chi connectivity index (χ1) is 12.4. The summed E-state index contributed by atoms with van der Waals surface area (Å²) < 4.78 is 0.821. The van der Waals surface area contributed by atoms with Gasteiger partial charge in [0.2, 0.25) is 5.91 Å². The zero-order chi connectivity index (χ0) is 19.1. The highest BCUT2D eigenvalue weighted by Crippen LogP contribution is 2.21. The van der Waals surface area contributed by atoms with Gasteiger partial charge in [0, 0.05) is 0 Å². The molecule has 1 atom stereocenters. The monoisotopic (exact) mass is 437 g/mol. The number of halogens is 1. The smallest absolute Gasteiger partial charge is 0.279 e. The van der Waals surface area contributed by atoms with Gasteiger partial charge in [-0.05, 0) is 39.5 Å². The van der Waals surface area contributed by atoms with Crippen molar-refractivity contribution in [1.82, 2.24) is 16.2 Å². The molecular weight excluding hydrogens is 418 g/mol. The third-order valence-electron chi connectivity index (χ3n) is 3.57. The van der Waals surface area contributed by atoms with E-state index < -0.39 is 17.9 Å². The van der Waals surface area contributed by atoms with Crippen LogP contribution in [-0.2, 0) is 16.0 Å². The van der Waals surface area contributed by atoms with E-state index in [9.17, 15) is 14.4 Å². The maximum absolute atomic E-state index is 12.4. The fraction of sp³-hybridized carbons (Fsp3) is 0.278. The highest BCUT2D eigenvalue weighted by Gasteiger charge is 2.24. The summed E-state index contributed by atoms with van der Waals surface area (Å²) in [6.07, 6.45) is 0.187. The lowest BCUT2D eigenvalue weighted by Crippen LogP contribution is -2.54. The van der Waals surface area contributed by atoms with Crippen molar-refractivity contribution in [3.05, 3.63) is 56.7 Å². The highest BCUT2D eigenvalue weighted by molar-refractivity contribution is 9.11. The number of hydrogen-bond acceptors (Lipinski definition) is 4. The summed E-state index contributed by atoms with van der Waals surface area (Å²) in [6, 6.07) is 11.9. The minimum Gasteiger partial charge on any atom is -0.344 e. The molecule has 0 aliphatic carbocycles. The van der Waals surface area contributed by atoms with Gasteiger partial charge in [0.15, 0.2) is 0 Å². The van der Waals surface area contributed by atoms with Crippen molar-refractivity contribution in [3.63, 3.8) is 0 Å². The van der Waals surface area contributed by atoms with Crippen LogP contribution in [0.4, 0.5) is 0 Å². The van der Waals surface area contributed by atoms with Gasteiger partial charge < -0.3 is 5.32 Å². The van der Waals surface area contributed by atoms with Crippen molar-refractivity contribution in [2.45, 2.75) is 26.3 Å². The van der Waals surface area contributed by atoms with Gasteiger partial charge in [-0.1, -0.05) is 44.2 Å². The zero-order valence-electron chi connectivity index (χ0n) is 14.4. The van der Waals surface area contributed by atoms with Crippen molar-refractivity contribution in [2.24, 2.45) is 5.92 Å². The van der Waals surface area contributed by atoms with Crippen LogP contribution in [0.15, 0.2) is 46.3 Å². The number of hydrazine groups is 1. The van der Waals surface area contributed by atoms with E-state index >= 15 is 0 Å². The number of carbonyl (C=O) groups is 3. The van der Waals surface area contributed by atoms with Gasteiger partial charge >= 0.3 is 0 Å². The van der Waals surface area contributed by atoms with E-state index in [1.807, 2.05) is 44.2 Å². The number of nitrogens with one attached hydrogen (secondary N) is 3. The molecule has 6 nitrogen and oxygen atoms in total. The van der Waals surface area contributed by atoms with E-state index in [-0.39, 0.29) is 18.2 Å². The Balaban J connectivity index is 1.90. The van der Waals surface area contributed by atoms with E-state index in [1.165, 1.54) is 11.3 Å². The molecule has 3 N–H and O–H groups in total. The summed E-state index contributed by atoms with van der Waals surface area (Å²) in [5.74, 6) is -1.27. The van der Waals surface area contributed by atoms with Crippen LogP contribution < -0.4 is 16.2 Å². The molecule has 0 unspecified atom stereocenters. The van der Waals surface area contributed by atoms with Crippen molar-refractivity contribution < 1.29 is 14.4 Å². The third kappa shape index (κ3) is 5.96. The summed E-state index contributed by atoms with van der Waals surface area (Å²) >= 11 is 4.54. The van der Waals surface area contributed by atoms with E-state index in [0.29, 0.717) is 4.88 Å². The molecule has 1 aromatic carbocycles. The number of amides is 3. The summed E-state index contributed by atoms with van der Waals surface area (Å²) in [5, 5.41) is 2.73. The molecule has 138 valence electrons. The fourth-order valence-corrected chi connectivity index (χ4v) is 3.52. The number of carbonyl (C=O) groups excluding carboxylic acids is 3. The standard InChI is InChI=1S/C18H20BrN3O3S/c1-11(2)16(20-15(23)10-12-6-4-3-5-7-12)18(25)22-21-17(24)13-8-9-14(19)26-13/h3-9,11,16H,10H2,1-2H3,(H,20,23)(H,21,24)(H,22,25)/t16-/m0/s1. The number of thiophene rings is 1. The summed E-state index contributed by atoms with van der Waals surface area (Å²) in [5.41, 5.74) is 5.61. The minimum absolute atomic E-state index is 0.137. The second-order valence-electron chi connectivity index (χ2n) is 6.00. The lowest BCUT2D eigenvalue weighted by atomic mass is 10.0. The Bertz CT molecular complexity index is 777. The molecule has 0 spiro atoms. The third-order valence-corrected chi connectivity index (χ3v) is 5.19. The number of benzene rings is 1. The maximum atomic E-state index is 12.4. The van der Waals surface area contributed by atoms with Gasteiger partial charge in [0.25, 0.3) is 11.8 Å². The van der Waals surface area contributed by atoms with Crippen molar-refractivity contribution in [1.29, 1.82) is 0 Å². The lowest BCUT2D eigenvalue weighted by Gasteiger charge is -2.21. The molecular formula is C18H20BrN3O3S. The van der Waals surface area contributed by atoms with E-state index in [2.05, 4.69) is 32.1 Å². The minimum atomic E-state index is -0.749. The molecule has 1 aromatic heterocycles. The molecule has 3 amide bonds. The summed E-state index contributed by atoms with van der Waals surface area (Å²) in [7, 11) is 0. The molecule has 0 fully saturated rings. The van der Waals surface area contributed by atoms with Gasteiger partial charge in [-0.3, -0.25) is 25.2 Å². The van der Waals surface area contributed by atoms with E-state index in [0.717, 1.165) is 9.35 Å². The Morgan fingerprint density at radius 2 is 1.73 bits per heavy atom. The van der Waals surface area contributed by atoms with E-state index in [1.54, 1.807) is 12.1 Å². The Kier molecular flexibility index (Phi) is 7.35. The molecule has 26 heavy (non-hydrogen) atoms. The Morgan fingerprint density at radius 1 is 1.04 bits per heavy atom. The first-order valence-corrected chi connectivity index (χ1v) is 9.66. The fourth-order valence-electron chi connectivity index (χ4n) is 2.23. The summed E-state index contributed by atoms with van der Waals surface area (Å²) in [6.45, 7) is 3.65. The van der Waals surface area contributed by atoms with Gasteiger partial charge in [0.05, 0.1) is 15.1 Å². The molecule has 8 heteroatoms. The molecule has 0 radical (unpaired) electrons. The van der Waals surface area contributed by atoms with Gasteiger partial charge in [-0.25, -0.2) is 0 Å². The van der Waals surface area contributed by atoms with Crippen LogP contribution >= 0.6 is 27.3 Å². The van der Waals surface area contributed by atoms with Crippen LogP contribution in [0.2, 0.25) is 0 Å². The second-order valence-corrected chi connectivity index (χ2v) is 8.46. The lowest BCUT2D eigenvalue weighted by molar-refractivity contribution is -0.130. The van der Waals surface area contributed by atoms with Crippen molar-refractivity contribution in [3.8, 4) is 0 Å². The van der Waals surface area contributed by atoms with Crippen LogP contribution in [0.1, 0.15) is 29.1 Å². The molecule has 2 aromatic rings. The number of rotatable bonds is 6. The molecule has 0 aliphatic rings. The van der Waals surface area contributed by atoms with Gasteiger partial charge in [-0.2, -0.15) is 0 Å². The Labute approximate surface area is 164 Å². The SMILES string of the molecule is CC(C)[C@H](NC(=O)Cc1ccccc1)C(=O)NNC(=O)c1ccc(Br)s1. The average Bonchev–Trinajstić information content (AvgIpc) is 3.04. The zero-order valence-corrected chi connectivity index (χ0v) is 16.8. The summed E-state index contributed by atoms with van der Waals surface area (Å²) in [4.78, 5) is 37.0. The van der Waals surface area contributed by atoms with Crippen LogP contribution in [-0.4, -0.2) is 23.8 Å². The van der Waals surface area contributed by atoms with Crippen molar-refractivity contribution >= 4 is 45.0 Å². The quantitative estimate of drug-likeness (QED) is 0.606. The Hall–Kier alpha value is -2.19. The molecule has 0 saturated carbocycles. The van der Waals surface area contributed by atoms with Gasteiger partial charge in [0.1, 0.15) is 6.04 Å². The first kappa shape index (κ1) is 20.1. The van der Waals surface area contributed by atoms with Crippen LogP contribution in [0.3, 0.4) is 0 Å². The second kappa shape index (κ2) is 9.49.